The van der Waals surface area contributed by atoms with Crippen LogP contribution < -0.4 is 10.5 Å². The molecule has 3 N–H and O–H groups in total. The maximum Gasteiger partial charge on any atom is 0.242 e. The number of rotatable bonds is 4. The number of fused-ring (bicyclic) bond motifs is 1. The third kappa shape index (κ3) is 3.00. The maximum atomic E-state index is 13.2. The van der Waals surface area contributed by atoms with Crippen molar-refractivity contribution in [1.29, 1.82) is 0 Å². The number of ether oxygens (including phenoxy) is 2. The molecule has 1 saturated heterocycles. The van der Waals surface area contributed by atoms with E-state index in [0.29, 0.717) is 24.4 Å². The van der Waals surface area contributed by atoms with Crippen LogP contribution in [0.25, 0.3) is 11.0 Å². The van der Waals surface area contributed by atoms with Crippen LogP contribution in [0.5, 0.6) is 5.88 Å². The van der Waals surface area contributed by atoms with Gasteiger partial charge < -0.3 is 20.2 Å². The second-order valence-electron chi connectivity index (χ2n) is 7.33. The van der Waals surface area contributed by atoms with Crippen LogP contribution in [0.1, 0.15) is 26.1 Å². The second kappa shape index (κ2) is 6.46. The lowest BCUT2D eigenvalue weighted by atomic mass is 10.0. The normalized spacial score (nSPS) is 19.2. The van der Waals surface area contributed by atoms with E-state index < -0.39 is 15.4 Å². The van der Waals surface area contributed by atoms with Gasteiger partial charge in [0, 0.05) is 6.42 Å². The largest absolute Gasteiger partial charge is 0.470 e. The van der Waals surface area contributed by atoms with Gasteiger partial charge in [0.2, 0.25) is 15.7 Å². The minimum absolute atomic E-state index is 0.00513. The monoisotopic (exact) mass is 402 g/mol. The first-order valence-electron chi connectivity index (χ1n) is 8.96. The number of nitrogens with one attached hydrogen (secondary N) is 1. The Bertz CT molecular complexity index is 1140. The van der Waals surface area contributed by atoms with Crippen LogP contribution in [0.2, 0.25) is 0 Å². The van der Waals surface area contributed by atoms with Gasteiger partial charge in [0.05, 0.1) is 17.1 Å². The van der Waals surface area contributed by atoms with Gasteiger partial charge in [0.15, 0.2) is 0 Å². The van der Waals surface area contributed by atoms with E-state index in [1.54, 1.807) is 25.1 Å². The van der Waals surface area contributed by atoms with Gasteiger partial charge in [0.1, 0.15) is 33.7 Å². The minimum atomic E-state index is -3.86. The van der Waals surface area contributed by atoms with Crippen molar-refractivity contribution in [3.8, 4) is 5.88 Å². The van der Waals surface area contributed by atoms with Crippen molar-refractivity contribution < 1.29 is 17.9 Å². The summed E-state index contributed by atoms with van der Waals surface area (Å²) in [5, 5.41) is 0. The number of aromatic nitrogens is 3. The molecule has 0 saturated carbocycles. The quantitative estimate of drug-likeness (QED) is 0.688. The van der Waals surface area contributed by atoms with Gasteiger partial charge in [-0.05, 0) is 32.9 Å². The third-order valence-corrected chi connectivity index (χ3v) is 6.76. The predicted octanol–water partition coefficient (Wildman–Crippen LogP) is 2.63. The number of aromatic amines is 1. The zero-order chi connectivity index (χ0) is 20.1. The van der Waals surface area contributed by atoms with E-state index in [1.807, 2.05) is 13.8 Å². The molecule has 1 aliphatic heterocycles. The highest BCUT2D eigenvalue weighted by atomic mass is 32.2. The summed E-state index contributed by atoms with van der Waals surface area (Å²) < 4.78 is 38.2. The molecule has 3 heterocycles. The van der Waals surface area contributed by atoms with Gasteiger partial charge in [-0.3, -0.25) is 0 Å². The molecule has 28 heavy (non-hydrogen) atoms. The first-order valence-corrected chi connectivity index (χ1v) is 10.4. The van der Waals surface area contributed by atoms with Crippen LogP contribution in [-0.4, -0.2) is 41.7 Å². The van der Waals surface area contributed by atoms with Gasteiger partial charge >= 0.3 is 0 Å². The maximum absolute atomic E-state index is 13.2. The van der Waals surface area contributed by atoms with Crippen molar-refractivity contribution in [3.05, 3.63) is 36.2 Å². The number of nitrogens with zero attached hydrogens (tertiary/aromatic N) is 2. The Balaban J connectivity index is 1.87. The zero-order valence-electron chi connectivity index (χ0n) is 15.9. The molecule has 0 amide bonds. The lowest BCUT2D eigenvalue weighted by molar-refractivity contribution is -0.0199. The molecular weight excluding hydrogens is 380 g/mol. The van der Waals surface area contributed by atoms with E-state index >= 15 is 0 Å². The fourth-order valence-electron chi connectivity index (χ4n) is 3.42. The summed E-state index contributed by atoms with van der Waals surface area (Å²) in [7, 11) is -3.86. The molecule has 1 unspecified atom stereocenters. The van der Waals surface area contributed by atoms with Crippen molar-refractivity contribution in [2.45, 2.75) is 48.7 Å². The minimum Gasteiger partial charge on any atom is -0.470 e. The van der Waals surface area contributed by atoms with Crippen LogP contribution in [0.4, 0.5) is 5.82 Å². The summed E-state index contributed by atoms with van der Waals surface area (Å²) in [5.74, 6) is 0.667. The Morgan fingerprint density at radius 1 is 1.25 bits per heavy atom. The smallest absolute Gasteiger partial charge is 0.242 e. The number of nitrogen functional groups attached to an aromatic ring is 1. The highest BCUT2D eigenvalue weighted by Gasteiger charge is 2.39. The molecule has 8 nitrogen and oxygen atoms in total. The first kappa shape index (κ1) is 18.7. The van der Waals surface area contributed by atoms with Crippen LogP contribution in [-0.2, 0) is 14.6 Å². The second-order valence-corrected chi connectivity index (χ2v) is 9.22. The van der Waals surface area contributed by atoms with Gasteiger partial charge in [-0.25, -0.2) is 13.4 Å². The number of aryl methyl sites for hydroxylation is 1. The van der Waals surface area contributed by atoms with E-state index in [-0.39, 0.29) is 33.1 Å². The lowest BCUT2D eigenvalue weighted by Gasteiger charge is -2.26. The van der Waals surface area contributed by atoms with Crippen LogP contribution >= 0.6 is 0 Å². The molecule has 4 rings (SSSR count). The molecule has 1 fully saturated rings. The lowest BCUT2D eigenvalue weighted by Crippen LogP contribution is -2.36. The number of nitrogens with two attached hydrogens (primary N) is 1. The summed E-state index contributed by atoms with van der Waals surface area (Å²) >= 11 is 0. The van der Waals surface area contributed by atoms with Gasteiger partial charge in [0.25, 0.3) is 0 Å². The average molecular weight is 402 g/mol. The van der Waals surface area contributed by atoms with Gasteiger partial charge in [-0.2, -0.15) is 4.98 Å². The van der Waals surface area contributed by atoms with E-state index in [2.05, 4.69) is 15.0 Å². The van der Waals surface area contributed by atoms with Crippen molar-refractivity contribution >= 4 is 26.7 Å². The number of hydrogen-bond donors (Lipinski definition) is 2. The van der Waals surface area contributed by atoms with E-state index in [0.717, 1.165) is 0 Å². The van der Waals surface area contributed by atoms with Crippen LogP contribution in [0.3, 0.4) is 0 Å². The molecule has 1 atom stereocenters. The fraction of sp³-hybridized carbons (Fsp3) is 0.368. The number of hydrogen-bond acceptors (Lipinski definition) is 7. The van der Waals surface area contributed by atoms with E-state index in [1.165, 1.54) is 12.1 Å². The summed E-state index contributed by atoms with van der Waals surface area (Å²) in [6, 6.07) is 8.12. The highest BCUT2D eigenvalue weighted by molar-refractivity contribution is 7.92. The topological polar surface area (TPSA) is 120 Å². The van der Waals surface area contributed by atoms with Gasteiger partial charge in [-0.15, -0.1) is 0 Å². The molecule has 0 spiro atoms. The zero-order valence-corrected chi connectivity index (χ0v) is 16.7. The van der Waals surface area contributed by atoms with Crippen LogP contribution in [0.15, 0.2) is 40.1 Å². The van der Waals surface area contributed by atoms with Gasteiger partial charge in [-0.1, -0.05) is 18.2 Å². The number of anilines is 1. The summed E-state index contributed by atoms with van der Waals surface area (Å²) in [6.07, 6.45) is 0.492. The van der Waals surface area contributed by atoms with Crippen LogP contribution in [0, 0.1) is 6.92 Å². The highest BCUT2D eigenvalue weighted by Crippen LogP contribution is 2.37. The van der Waals surface area contributed by atoms with Crippen molar-refractivity contribution in [2.75, 3.05) is 12.3 Å². The molecule has 0 bridgehead atoms. The van der Waals surface area contributed by atoms with Crippen molar-refractivity contribution in [1.82, 2.24) is 15.0 Å². The molecule has 9 heteroatoms. The summed E-state index contributed by atoms with van der Waals surface area (Å²) in [5.41, 5.74) is 6.19. The third-order valence-electron chi connectivity index (χ3n) is 4.91. The number of sulfone groups is 1. The number of H-pyrrole nitrogens is 1. The Morgan fingerprint density at radius 2 is 1.96 bits per heavy atom. The van der Waals surface area contributed by atoms with Crippen molar-refractivity contribution in [3.63, 3.8) is 0 Å². The standard InChI is InChI=1S/C19H22N4O4S/c1-11-21-14-15(18(22-11)27-13-9-10-26-19(13,2)3)23-17(20)16(14)28(24,25)12-7-5-4-6-8-12/h4-8,13,23H,9-10,20H2,1-3H3. The number of benzene rings is 1. The average Bonchev–Trinajstić information content (AvgIpc) is 3.14. The fourth-order valence-corrected chi connectivity index (χ4v) is 4.92. The predicted molar refractivity (Wildman–Crippen MR) is 104 cm³/mol. The molecular formula is C19H22N4O4S. The molecule has 1 aromatic carbocycles. The van der Waals surface area contributed by atoms with E-state index in [9.17, 15) is 8.42 Å². The Kier molecular flexibility index (Phi) is 4.31. The molecule has 2 aromatic heterocycles. The SMILES string of the molecule is Cc1nc(OC2CCOC2(C)C)c2[nH]c(N)c(S(=O)(=O)c3ccccc3)c2n1. The molecule has 1 aliphatic rings. The Hall–Kier alpha value is -2.65. The molecule has 0 radical (unpaired) electrons. The summed E-state index contributed by atoms with van der Waals surface area (Å²) in [4.78, 5) is 11.7. The Labute approximate surface area is 163 Å². The molecule has 148 valence electrons. The van der Waals surface area contributed by atoms with E-state index in [4.69, 9.17) is 15.2 Å². The Morgan fingerprint density at radius 3 is 2.61 bits per heavy atom. The van der Waals surface area contributed by atoms with Crippen molar-refractivity contribution in [2.24, 2.45) is 0 Å². The molecule has 3 aromatic rings. The summed E-state index contributed by atoms with van der Waals surface area (Å²) in [6.45, 7) is 6.17. The first-order chi connectivity index (χ1) is 13.2. The molecule has 0 aliphatic carbocycles.